The van der Waals surface area contributed by atoms with Gasteiger partial charge in [-0.1, -0.05) is 32.9 Å². The number of hydrogen-bond donors (Lipinski definition) is 0. The Bertz CT molecular complexity index is 1140. The van der Waals surface area contributed by atoms with Gasteiger partial charge in [0.05, 0.1) is 22.6 Å². The zero-order valence-electron chi connectivity index (χ0n) is 19.6. The standard InChI is InChI=1S/C26H29N3O4/c1-17-20(13-21(33-17)25(2,3)4)23(31)28-11-9-26(10-12-28)16-29(24(32)22(26)30)15-19-7-5-18(14-27)6-8-19/h5-8,13H,9-12,15-16H2,1-4H3. The largest absolute Gasteiger partial charge is 0.465 e. The van der Waals surface area contributed by atoms with Crippen molar-refractivity contribution in [1.82, 2.24) is 9.80 Å². The van der Waals surface area contributed by atoms with Crippen LogP contribution in [0.4, 0.5) is 0 Å². The summed E-state index contributed by atoms with van der Waals surface area (Å²) in [5.41, 5.74) is 1.07. The number of ketones is 1. The van der Waals surface area contributed by atoms with E-state index in [1.54, 1.807) is 28.9 Å². The number of piperidine rings is 1. The molecule has 0 N–H and O–H groups in total. The quantitative estimate of drug-likeness (QED) is 0.670. The van der Waals surface area contributed by atoms with Gasteiger partial charge in [0.2, 0.25) is 5.78 Å². The van der Waals surface area contributed by atoms with Gasteiger partial charge in [0, 0.05) is 31.6 Å². The highest BCUT2D eigenvalue weighted by atomic mass is 16.3. The van der Waals surface area contributed by atoms with Gasteiger partial charge in [-0.2, -0.15) is 5.26 Å². The Hall–Kier alpha value is -3.40. The van der Waals surface area contributed by atoms with Crippen molar-refractivity contribution in [2.45, 2.75) is 52.5 Å². The van der Waals surface area contributed by atoms with E-state index in [0.717, 1.165) is 11.3 Å². The Morgan fingerprint density at radius 1 is 1.15 bits per heavy atom. The van der Waals surface area contributed by atoms with Crippen molar-refractivity contribution in [2.75, 3.05) is 19.6 Å². The summed E-state index contributed by atoms with van der Waals surface area (Å²) in [6.45, 7) is 9.48. The molecule has 0 radical (unpaired) electrons. The van der Waals surface area contributed by atoms with Crippen LogP contribution in [0.3, 0.4) is 0 Å². The molecule has 7 heteroatoms. The molecule has 4 rings (SSSR count). The summed E-state index contributed by atoms with van der Waals surface area (Å²) >= 11 is 0. The first-order valence-electron chi connectivity index (χ1n) is 11.3. The van der Waals surface area contributed by atoms with Crippen LogP contribution in [0.15, 0.2) is 34.7 Å². The van der Waals surface area contributed by atoms with E-state index in [-0.39, 0.29) is 17.1 Å². The zero-order valence-corrected chi connectivity index (χ0v) is 19.6. The zero-order chi connectivity index (χ0) is 24.0. The highest BCUT2D eigenvalue weighted by Gasteiger charge is 2.53. The van der Waals surface area contributed by atoms with Crippen molar-refractivity contribution in [3.8, 4) is 6.07 Å². The highest BCUT2D eigenvalue weighted by Crippen LogP contribution is 2.39. The average Bonchev–Trinajstić information content (AvgIpc) is 3.29. The number of furan rings is 1. The first-order valence-corrected chi connectivity index (χ1v) is 11.3. The normalized spacial score (nSPS) is 18.2. The summed E-state index contributed by atoms with van der Waals surface area (Å²) in [6, 6.07) is 10.9. The van der Waals surface area contributed by atoms with Crippen molar-refractivity contribution in [1.29, 1.82) is 5.26 Å². The molecule has 0 saturated carbocycles. The summed E-state index contributed by atoms with van der Waals surface area (Å²) in [4.78, 5) is 42.2. The van der Waals surface area contributed by atoms with Crippen LogP contribution >= 0.6 is 0 Å². The van der Waals surface area contributed by atoms with E-state index >= 15 is 0 Å². The van der Waals surface area contributed by atoms with Gasteiger partial charge in [-0.3, -0.25) is 14.4 Å². The predicted octanol–water partition coefficient (Wildman–Crippen LogP) is 3.59. The second-order valence-electron chi connectivity index (χ2n) is 10.2. The fourth-order valence-corrected chi connectivity index (χ4v) is 4.67. The maximum atomic E-state index is 13.1. The van der Waals surface area contributed by atoms with Crippen LogP contribution in [0.25, 0.3) is 0 Å². The molecule has 2 aliphatic heterocycles. The Morgan fingerprint density at radius 2 is 1.79 bits per heavy atom. The lowest BCUT2D eigenvalue weighted by molar-refractivity contribution is -0.143. The summed E-state index contributed by atoms with van der Waals surface area (Å²) in [5.74, 6) is 0.475. The maximum absolute atomic E-state index is 13.1. The van der Waals surface area contributed by atoms with Crippen molar-refractivity contribution < 1.29 is 18.8 Å². The molecular formula is C26H29N3O4. The number of benzene rings is 1. The van der Waals surface area contributed by atoms with Crippen LogP contribution in [0.5, 0.6) is 0 Å². The van der Waals surface area contributed by atoms with Crippen LogP contribution in [0.1, 0.15) is 66.6 Å². The van der Waals surface area contributed by atoms with Crippen molar-refractivity contribution in [3.63, 3.8) is 0 Å². The molecule has 0 atom stereocenters. The summed E-state index contributed by atoms with van der Waals surface area (Å²) < 4.78 is 5.83. The lowest BCUT2D eigenvalue weighted by Gasteiger charge is -2.37. The molecule has 7 nitrogen and oxygen atoms in total. The van der Waals surface area contributed by atoms with Crippen LogP contribution < -0.4 is 0 Å². The van der Waals surface area contributed by atoms with Gasteiger partial charge in [0.15, 0.2) is 0 Å². The highest BCUT2D eigenvalue weighted by molar-refractivity contribution is 6.40. The van der Waals surface area contributed by atoms with E-state index < -0.39 is 11.3 Å². The minimum absolute atomic E-state index is 0.0900. The summed E-state index contributed by atoms with van der Waals surface area (Å²) in [5, 5.41) is 8.95. The molecular weight excluding hydrogens is 418 g/mol. The number of Topliss-reactive ketones (excluding diaryl/α,β-unsaturated/α-hetero) is 1. The molecule has 0 bridgehead atoms. The smallest absolute Gasteiger partial charge is 0.290 e. The van der Waals surface area contributed by atoms with E-state index in [9.17, 15) is 14.4 Å². The monoisotopic (exact) mass is 447 g/mol. The first-order chi connectivity index (χ1) is 15.5. The Morgan fingerprint density at radius 3 is 2.33 bits per heavy atom. The number of carbonyl (C=O) groups is 3. The second kappa shape index (κ2) is 8.18. The Kier molecular flexibility index (Phi) is 5.65. The van der Waals surface area contributed by atoms with Crippen molar-refractivity contribution in [3.05, 3.63) is 58.5 Å². The van der Waals surface area contributed by atoms with Gasteiger partial charge < -0.3 is 14.2 Å². The molecule has 3 heterocycles. The molecule has 2 aliphatic rings. The molecule has 2 aromatic rings. The molecule has 2 amide bonds. The van der Waals surface area contributed by atoms with E-state index in [0.29, 0.717) is 55.9 Å². The molecule has 172 valence electrons. The number of nitrogens with zero attached hydrogens (tertiary/aromatic N) is 3. The Balaban J connectivity index is 1.43. The van der Waals surface area contributed by atoms with Crippen molar-refractivity contribution >= 4 is 17.6 Å². The molecule has 1 aromatic heterocycles. The third-order valence-electron chi connectivity index (χ3n) is 6.81. The topological polar surface area (TPSA) is 94.6 Å². The van der Waals surface area contributed by atoms with Gasteiger partial charge in [-0.25, -0.2) is 0 Å². The van der Waals surface area contributed by atoms with Crippen LogP contribution in [-0.4, -0.2) is 47.0 Å². The van der Waals surface area contributed by atoms with Crippen LogP contribution in [-0.2, 0) is 21.5 Å². The van der Waals surface area contributed by atoms with Gasteiger partial charge >= 0.3 is 0 Å². The second-order valence-corrected chi connectivity index (χ2v) is 10.2. The van der Waals surface area contributed by atoms with Crippen LogP contribution in [0, 0.1) is 23.7 Å². The number of nitriles is 1. The molecule has 0 unspecified atom stereocenters. The van der Waals surface area contributed by atoms with Gasteiger partial charge in [-0.15, -0.1) is 0 Å². The number of carbonyl (C=O) groups excluding carboxylic acids is 3. The number of hydrogen-bond acceptors (Lipinski definition) is 5. The number of rotatable bonds is 3. The molecule has 1 spiro atoms. The minimum Gasteiger partial charge on any atom is -0.465 e. The van der Waals surface area contributed by atoms with E-state index in [4.69, 9.17) is 9.68 Å². The minimum atomic E-state index is -0.734. The number of amides is 2. The number of aryl methyl sites for hydroxylation is 1. The Labute approximate surface area is 194 Å². The first kappa shape index (κ1) is 22.8. The lowest BCUT2D eigenvalue weighted by Crippen LogP contribution is -2.47. The molecule has 0 aliphatic carbocycles. The predicted molar refractivity (Wildman–Crippen MR) is 121 cm³/mol. The maximum Gasteiger partial charge on any atom is 0.290 e. The van der Waals surface area contributed by atoms with E-state index in [2.05, 4.69) is 6.07 Å². The van der Waals surface area contributed by atoms with Gasteiger partial charge in [0.1, 0.15) is 11.5 Å². The fraction of sp³-hybridized carbons (Fsp3) is 0.462. The third-order valence-corrected chi connectivity index (χ3v) is 6.81. The SMILES string of the molecule is Cc1oc(C(C)(C)C)cc1C(=O)N1CCC2(CC1)CN(Cc1ccc(C#N)cc1)C(=O)C2=O. The van der Waals surface area contributed by atoms with Crippen LogP contribution in [0.2, 0.25) is 0 Å². The molecule has 1 aromatic carbocycles. The number of likely N-dealkylation sites (tertiary alicyclic amines) is 2. The molecule has 33 heavy (non-hydrogen) atoms. The van der Waals surface area contributed by atoms with Gasteiger partial charge in [-0.05, 0) is 43.5 Å². The van der Waals surface area contributed by atoms with E-state index in [1.165, 1.54) is 0 Å². The van der Waals surface area contributed by atoms with Crippen molar-refractivity contribution in [2.24, 2.45) is 5.41 Å². The van der Waals surface area contributed by atoms with Gasteiger partial charge in [0.25, 0.3) is 11.8 Å². The third kappa shape index (κ3) is 4.18. The lowest BCUT2D eigenvalue weighted by atomic mass is 9.76. The summed E-state index contributed by atoms with van der Waals surface area (Å²) in [6.07, 6.45) is 0.937. The fourth-order valence-electron chi connectivity index (χ4n) is 4.67. The molecule has 2 fully saturated rings. The molecule has 2 saturated heterocycles. The van der Waals surface area contributed by atoms with E-state index in [1.807, 2.05) is 39.0 Å². The summed E-state index contributed by atoms with van der Waals surface area (Å²) in [7, 11) is 0. The average molecular weight is 448 g/mol.